The van der Waals surface area contributed by atoms with E-state index in [0.717, 1.165) is 31.5 Å². The van der Waals surface area contributed by atoms with Crippen LogP contribution < -0.4 is 0 Å². The molecule has 0 bridgehead atoms. The van der Waals surface area contributed by atoms with E-state index >= 15 is 0 Å². The van der Waals surface area contributed by atoms with Crippen LogP contribution in [0.4, 0.5) is 4.39 Å². The first-order valence-electron chi connectivity index (χ1n) is 5.78. The number of hydrogen-bond acceptors (Lipinski definition) is 3. The van der Waals surface area contributed by atoms with Crippen LogP contribution in [0.2, 0.25) is 0 Å². The van der Waals surface area contributed by atoms with Gasteiger partial charge >= 0.3 is 0 Å². The lowest BCUT2D eigenvalue weighted by molar-refractivity contribution is 0.0792. The molecule has 4 heteroatoms. The van der Waals surface area contributed by atoms with Gasteiger partial charge in [-0.1, -0.05) is 6.07 Å². The fraction of sp³-hybridized carbons (Fsp3) is 0.462. The van der Waals surface area contributed by atoms with E-state index in [-0.39, 0.29) is 11.7 Å². The molecule has 0 amide bonds. The quantitative estimate of drug-likeness (QED) is 0.846. The Morgan fingerprint density at radius 1 is 1.41 bits per heavy atom. The molecule has 1 aromatic rings. The van der Waals surface area contributed by atoms with Crippen LogP contribution in [-0.4, -0.2) is 29.2 Å². The van der Waals surface area contributed by atoms with E-state index in [1.54, 1.807) is 12.1 Å². The fourth-order valence-electron chi connectivity index (χ4n) is 2.09. The molecule has 0 unspecified atom stereocenters. The van der Waals surface area contributed by atoms with E-state index in [2.05, 4.69) is 4.90 Å². The van der Waals surface area contributed by atoms with Crippen LogP contribution in [0.15, 0.2) is 18.2 Å². The molecule has 1 saturated heterocycles. The third kappa shape index (κ3) is 3.02. The Morgan fingerprint density at radius 3 is 2.76 bits per heavy atom. The molecule has 3 nitrogen and oxygen atoms in total. The van der Waals surface area contributed by atoms with Crippen molar-refractivity contribution in [3.05, 3.63) is 35.1 Å². The van der Waals surface area contributed by atoms with Crippen LogP contribution in [-0.2, 0) is 6.54 Å². The number of hydrogen-bond donors (Lipinski definition) is 1. The highest BCUT2D eigenvalue weighted by atomic mass is 19.1. The first-order valence-corrected chi connectivity index (χ1v) is 5.78. The second-order valence-corrected chi connectivity index (χ2v) is 4.43. The smallest absolute Gasteiger partial charge is 0.140 e. The lowest BCUT2D eigenvalue weighted by atomic mass is 10.1. The third-order valence-electron chi connectivity index (χ3n) is 3.11. The molecule has 1 heterocycles. The Kier molecular flexibility index (Phi) is 3.72. The SMILES string of the molecule is N#Cc1cc(CN2CCC(O)CC2)ccc1F. The first-order chi connectivity index (χ1) is 8.19. The van der Waals surface area contributed by atoms with E-state index < -0.39 is 5.82 Å². The zero-order valence-electron chi connectivity index (χ0n) is 9.56. The Hall–Kier alpha value is -1.44. The van der Waals surface area contributed by atoms with E-state index in [1.165, 1.54) is 6.07 Å². The molecule has 0 atom stereocenters. The molecule has 1 fully saturated rings. The van der Waals surface area contributed by atoms with E-state index in [4.69, 9.17) is 5.26 Å². The van der Waals surface area contributed by atoms with E-state index in [0.29, 0.717) is 6.54 Å². The zero-order valence-corrected chi connectivity index (χ0v) is 9.56. The van der Waals surface area contributed by atoms with Crippen LogP contribution in [0.25, 0.3) is 0 Å². The summed E-state index contributed by atoms with van der Waals surface area (Å²) in [6.07, 6.45) is 1.38. The van der Waals surface area contributed by atoms with Gasteiger partial charge in [-0.2, -0.15) is 5.26 Å². The van der Waals surface area contributed by atoms with Gasteiger partial charge in [0.25, 0.3) is 0 Å². The number of likely N-dealkylation sites (tertiary alicyclic amines) is 1. The Balaban J connectivity index is 2.02. The summed E-state index contributed by atoms with van der Waals surface area (Å²) in [5.41, 5.74) is 1.04. The molecule has 0 saturated carbocycles. The largest absolute Gasteiger partial charge is 0.393 e. The minimum atomic E-state index is -0.467. The van der Waals surface area contributed by atoms with Crippen LogP contribution in [0, 0.1) is 17.1 Å². The average Bonchev–Trinajstić information content (AvgIpc) is 2.34. The van der Waals surface area contributed by atoms with Crippen molar-refractivity contribution in [2.75, 3.05) is 13.1 Å². The summed E-state index contributed by atoms with van der Waals surface area (Å²) in [5, 5.41) is 18.1. The highest BCUT2D eigenvalue weighted by Gasteiger charge is 2.17. The van der Waals surface area contributed by atoms with Crippen molar-refractivity contribution in [2.24, 2.45) is 0 Å². The van der Waals surface area contributed by atoms with Crippen molar-refractivity contribution in [2.45, 2.75) is 25.5 Å². The highest BCUT2D eigenvalue weighted by molar-refractivity contribution is 5.34. The molecule has 2 rings (SSSR count). The number of halogens is 1. The molecular formula is C13H15FN2O. The lowest BCUT2D eigenvalue weighted by Crippen LogP contribution is -2.35. The summed E-state index contributed by atoms with van der Waals surface area (Å²) >= 11 is 0. The number of nitrogens with zero attached hydrogens (tertiary/aromatic N) is 2. The summed E-state index contributed by atoms with van der Waals surface area (Å²) in [6, 6.07) is 6.49. The van der Waals surface area contributed by atoms with Gasteiger partial charge in [0.1, 0.15) is 11.9 Å². The third-order valence-corrected chi connectivity index (χ3v) is 3.11. The van der Waals surface area contributed by atoms with Crippen LogP contribution in [0.5, 0.6) is 0 Å². The maximum absolute atomic E-state index is 13.1. The molecule has 0 spiro atoms. The van der Waals surface area contributed by atoms with Gasteiger partial charge in [-0.25, -0.2) is 4.39 Å². The standard InChI is InChI=1S/C13H15FN2O/c14-13-2-1-10(7-11(13)8-15)9-16-5-3-12(17)4-6-16/h1-2,7,12,17H,3-6,9H2. The minimum absolute atomic E-state index is 0.0968. The molecule has 17 heavy (non-hydrogen) atoms. The summed E-state index contributed by atoms with van der Waals surface area (Å²) in [4.78, 5) is 2.21. The van der Waals surface area contributed by atoms with Gasteiger partial charge in [-0.05, 0) is 30.5 Å². The first kappa shape index (κ1) is 12.0. The van der Waals surface area contributed by atoms with Crippen molar-refractivity contribution in [1.82, 2.24) is 4.90 Å². The van der Waals surface area contributed by atoms with Gasteiger partial charge in [0.2, 0.25) is 0 Å². The predicted octanol–water partition coefficient (Wildman–Crippen LogP) is 1.65. The summed E-state index contributed by atoms with van der Waals surface area (Å²) in [6.45, 7) is 2.41. The van der Waals surface area contributed by atoms with Gasteiger partial charge in [-0.15, -0.1) is 0 Å². The fourth-order valence-corrected chi connectivity index (χ4v) is 2.09. The molecule has 1 aliphatic heterocycles. The van der Waals surface area contributed by atoms with Gasteiger partial charge in [0.05, 0.1) is 11.7 Å². The monoisotopic (exact) mass is 234 g/mol. The molecule has 0 radical (unpaired) electrons. The van der Waals surface area contributed by atoms with Gasteiger partial charge in [0, 0.05) is 19.6 Å². The van der Waals surface area contributed by atoms with Crippen molar-refractivity contribution >= 4 is 0 Å². The number of nitriles is 1. The minimum Gasteiger partial charge on any atom is -0.393 e. The van der Waals surface area contributed by atoms with Crippen LogP contribution >= 0.6 is 0 Å². The zero-order chi connectivity index (χ0) is 12.3. The van der Waals surface area contributed by atoms with Crippen LogP contribution in [0.3, 0.4) is 0 Å². The Morgan fingerprint density at radius 2 is 2.12 bits per heavy atom. The Bertz CT molecular complexity index is 434. The number of rotatable bonds is 2. The molecule has 1 N–H and O–H groups in total. The van der Waals surface area contributed by atoms with Gasteiger partial charge in [0.15, 0.2) is 0 Å². The van der Waals surface area contributed by atoms with E-state index in [1.807, 2.05) is 6.07 Å². The van der Waals surface area contributed by atoms with Crippen molar-refractivity contribution in [3.63, 3.8) is 0 Å². The molecule has 90 valence electrons. The topological polar surface area (TPSA) is 47.3 Å². The molecular weight excluding hydrogens is 219 g/mol. The molecule has 1 aromatic carbocycles. The summed E-state index contributed by atoms with van der Waals surface area (Å²) in [7, 11) is 0. The number of benzene rings is 1. The second-order valence-electron chi connectivity index (χ2n) is 4.43. The summed E-state index contributed by atoms with van der Waals surface area (Å²) < 4.78 is 13.1. The van der Waals surface area contributed by atoms with Crippen molar-refractivity contribution in [3.8, 4) is 6.07 Å². The number of aliphatic hydroxyl groups is 1. The van der Waals surface area contributed by atoms with Crippen molar-refractivity contribution < 1.29 is 9.50 Å². The average molecular weight is 234 g/mol. The molecule has 1 aliphatic rings. The predicted molar refractivity (Wildman–Crippen MR) is 61.6 cm³/mol. The molecule has 0 aromatic heterocycles. The molecule has 0 aliphatic carbocycles. The summed E-state index contributed by atoms with van der Waals surface area (Å²) in [5.74, 6) is -0.467. The van der Waals surface area contributed by atoms with Crippen LogP contribution in [0.1, 0.15) is 24.0 Å². The second kappa shape index (κ2) is 5.26. The lowest BCUT2D eigenvalue weighted by Gasteiger charge is -2.29. The van der Waals surface area contributed by atoms with Crippen molar-refractivity contribution in [1.29, 1.82) is 5.26 Å². The van der Waals surface area contributed by atoms with Gasteiger partial charge < -0.3 is 5.11 Å². The highest BCUT2D eigenvalue weighted by Crippen LogP contribution is 2.15. The number of piperidine rings is 1. The van der Waals surface area contributed by atoms with Gasteiger partial charge in [-0.3, -0.25) is 4.90 Å². The Labute approximate surface area is 100 Å². The number of aliphatic hydroxyl groups excluding tert-OH is 1. The normalized spacial score (nSPS) is 17.9. The van der Waals surface area contributed by atoms with E-state index in [9.17, 15) is 9.50 Å². The maximum atomic E-state index is 13.1. The maximum Gasteiger partial charge on any atom is 0.140 e.